The predicted molar refractivity (Wildman–Crippen MR) is 70.4 cm³/mol. The summed E-state index contributed by atoms with van der Waals surface area (Å²) in [5.41, 5.74) is 1.09. The first-order valence-electron chi connectivity index (χ1n) is 5.05. The summed E-state index contributed by atoms with van der Waals surface area (Å²) in [6, 6.07) is 11.8. The molecule has 1 N–H and O–H groups in total. The predicted octanol–water partition coefficient (Wildman–Crippen LogP) is 4.17. The Hall–Kier alpha value is -1.48. The van der Waals surface area contributed by atoms with Crippen molar-refractivity contribution in [2.24, 2.45) is 0 Å². The molecule has 0 saturated carbocycles. The van der Waals surface area contributed by atoms with E-state index in [-0.39, 0.29) is 0 Å². The summed E-state index contributed by atoms with van der Waals surface area (Å²) >= 11 is 3.48. The lowest BCUT2D eigenvalue weighted by molar-refractivity contribution is 0.557. The molecule has 16 heavy (non-hydrogen) atoms. The Bertz CT molecular complexity index is 463. The van der Waals surface area contributed by atoms with E-state index in [4.69, 9.17) is 4.42 Å². The summed E-state index contributed by atoms with van der Waals surface area (Å²) in [4.78, 5) is 0. The first-order chi connectivity index (χ1) is 7.86. The lowest BCUT2D eigenvalue weighted by Crippen LogP contribution is -1.98. The summed E-state index contributed by atoms with van der Waals surface area (Å²) in [6.45, 7) is 0.767. The van der Waals surface area contributed by atoms with Gasteiger partial charge in [0.25, 0.3) is 0 Å². The highest BCUT2D eigenvalue weighted by Gasteiger charge is 1.94. The van der Waals surface area contributed by atoms with Gasteiger partial charge in [-0.15, -0.1) is 0 Å². The van der Waals surface area contributed by atoms with Crippen molar-refractivity contribution in [1.82, 2.24) is 0 Å². The van der Waals surface area contributed by atoms with Crippen LogP contribution in [0.2, 0.25) is 0 Å². The van der Waals surface area contributed by atoms with E-state index >= 15 is 0 Å². The minimum absolute atomic E-state index is 0.767. The molecule has 0 aliphatic heterocycles. The zero-order valence-corrected chi connectivity index (χ0v) is 10.3. The monoisotopic (exact) mass is 277 g/mol. The van der Waals surface area contributed by atoms with Crippen molar-refractivity contribution in [3.63, 3.8) is 0 Å². The van der Waals surface area contributed by atoms with Crippen LogP contribution in [0.1, 0.15) is 5.76 Å². The molecule has 0 saturated heterocycles. The first kappa shape index (κ1) is 11.0. The Morgan fingerprint density at radius 1 is 1.19 bits per heavy atom. The van der Waals surface area contributed by atoms with Gasteiger partial charge in [0.1, 0.15) is 5.76 Å². The Labute approximate surface area is 103 Å². The molecule has 2 rings (SSSR count). The molecule has 0 aliphatic carbocycles. The number of hydrogen-bond donors (Lipinski definition) is 1. The van der Waals surface area contributed by atoms with Gasteiger partial charge in [-0.1, -0.05) is 18.2 Å². The van der Waals surface area contributed by atoms with Crippen molar-refractivity contribution < 1.29 is 4.42 Å². The van der Waals surface area contributed by atoms with Gasteiger partial charge in [0, 0.05) is 16.7 Å². The Morgan fingerprint density at radius 2 is 2.06 bits per heavy atom. The minimum Gasteiger partial charge on any atom is -0.465 e. The van der Waals surface area contributed by atoms with Gasteiger partial charge in [0.15, 0.2) is 0 Å². The van der Waals surface area contributed by atoms with Crippen molar-refractivity contribution in [3.05, 3.63) is 59.0 Å². The molecule has 0 fully saturated rings. The molecule has 3 heteroatoms. The Kier molecular flexibility index (Phi) is 3.83. The topological polar surface area (TPSA) is 25.2 Å². The van der Waals surface area contributed by atoms with E-state index in [0.717, 1.165) is 22.5 Å². The Balaban J connectivity index is 1.87. The maximum Gasteiger partial charge on any atom is 0.126 e. The normalized spacial score (nSPS) is 10.8. The maximum absolute atomic E-state index is 5.19. The number of anilines is 1. The zero-order chi connectivity index (χ0) is 11.2. The molecular formula is C13H12BrNO. The SMILES string of the molecule is Brc1ccccc1NC/C=C/c1ccco1. The number of rotatable bonds is 4. The van der Waals surface area contributed by atoms with E-state index in [1.807, 2.05) is 48.6 Å². The van der Waals surface area contributed by atoms with Crippen LogP contribution in [0.15, 0.2) is 57.6 Å². The van der Waals surface area contributed by atoms with Gasteiger partial charge in [-0.2, -0.15) is 0 Å². The third kappa shape index (κ3) is 3.00. The van der Waals surface area contributed by atoms with Crippen molar-refractivity contribution in [1.29, 1.82) is 0 Å². The standard InChI is InChI=1S/C13H12BrNO/c14-12-7-1-2-8-13(12)15-9-3-5-11-6-4-10-16-11/h1-8,10,15H,9H2/b5-3+. The number of hydrogen-bond acceptors (Lipinski definition) is 2. The molecule has 0 bridgehead atoms. The van der Waals surface area contributed by atoms with E-state index in [9.17, 15) is 0 Å². The number of nitrogens with one attached hydrogen (secondary N) is 1. The molecule has 0 unspecified atom stereocenters. The number of para-hydroxylation sites is 1. The molecule has 0 amide bonds. The summed E-state index contributed by atoms with van der Waals surface area (Å²) < 4.78 is 6.26. The second-order valence-electron chi connectivity index (χ2n) is 3.28. The lowest BCUT2D eigenvalue weighted by Gasteiger charge is -2.04. The summed E-state index contributed by atoms with van der Waals surface area (Å²) in [5.74, 6) is 0.869. The molecule has 0 radical (unpaired) electrons. The van der Waals surface area contributed by atoms with Crippen LogP contribution >= 0.6 is 15.9 Å². The molecule has 1 aromatic heterocycles. The van der Waals surface area contributed by atoms with Gasteiger partial charge in [-0.25, -0.2) is 0 Å². The van der Waals surface area contributed by atoms with Crippen LogP contribution in [-0.2, 0) is 0 Å². The zero-order valence-electron chi connectivity index (χ0n) is 8.69. The first-order valence-corrected chi connectivity index (χ1v) is 5.84. The second-order valence-corrected chi connectivity index (χ2v) is 4.13. The average Bonchev–Trinajstić information content (AvgIpc) is 2.79. The largest absolute Gasteiger partial charge is 0.465 e. The molecule has 0 spiro atoms. The van der Waals surface area contributed by atoms with E-state index in [2.05, 4.69) is 21.2 Å². The molecule has 1 aromatic carbocycles. The maximum atomic E-state index is 5.19. The van der Waals surface area contributed by atoms with Crippen LogP contribution in [0, 0.1) is 0 Å². The highest BCUT2D eigenvalue weighted by atomic mass is 79.9. The van der Waals surface area contributed by atoms with Crippen molar-refractivity contribution in [2.75, 3.05) is 11.9 Å². The minimum atomic E-state index is 0.767. The van der Waals surface area contributed by atoms with Crippen LogP contribution < -0.4 is 5.32 Å². The van der Waals surface area contributed by atoms with Gasteiger partial charge in [-0.05, 0) is 46.3 Å². The van der Waals surface area contributed by atoms with E-state index in [1.54, 1.807) is 6.26 Å². The summed E-state index contributed by atoms with van der Waals surface area (Å²) in [6.07, 6.45) is 5.64. The third-order valence-electron chi connectivity index (χ3n) is 2.11. The molecule has 2 aromatic rings. The fourth-order valence-electron chi connectivity index (χ4n) is 1.33. The summed E-state index contributed by atoms with van der Waals surface area (Å²) in [5, 5.41) is 3.30. The highest BCUT2D eigenvalue weighted by molar-refractivity contribution is 9.10. The van der Waals surface area contributed by atoms with Crippen molar-refractivity contribution in [2.45, 2.75) is 0 Å². The van der Waals surface area contributed by atoms with Crippen LogP contribution in [0.4, 0.5) is 5.69 Å². The highest BCUT2D eigenvalue weighted by Crippen LogP contribution is 2.20. The Morgan fingerprint density at radius 3 is 2.81 bits per heavy atom. The molecular weight excluding hydrogens is 266 g/mol. The smallest absolute Gasteiger partial charge is 0.126 e. The van der Waals surface area contributed by atoms with Crippen LogP contribution in [0.25, 0.3) is 6.08 Å². The quantitative estimate of drug-likeness (QED) is 0.908. The molecule has 0 atom stereocenters. The van der Waals surface area contributed by atoms with Gasteiger partial charge >= 0.3 is 0 Å². The van der Waals surface area contributed by atoms with E-state index in [0.29, 0.717) is 0 Å². The van der Waals surface area contributed by atoms with Crippen molar-refractivity contribution >= 4 is 27.7 Å². The molecule has 0 aliphatic rings. The second kappa shape index (κ2) is 5.56. The summed E-state index contributed by atoms with van der Waals surface area (Å²) in [7, 11) is 0. The molecule has 2 nitrogen and oxygen atoms in total. The third-order valence-corrected chi connectivity index (χ3v) is 2.80. The van der Waals surface area contributed by atoms with Gasteiger partial charge in [0.05, 0.1) is 6.26 Å². The van der Waals surface area contributed by atoms with Crippen LogP contribution in [-0.4, -0.2) is 6.54 Å². The molecule has 1 heterocycles. The average molecular weight is 278 g/mol. The molecule has 82 valence electrons. The lowest BCUT2D eigenvalue weighted by atomic mass is 10.3. The van der Waals surface area contributed by atoms with Gasteiger partial charge in [-0.3, -0.25) is 0 Å². The number of benzene rings is 1. The van der Waals surface area contributed by atoms with Gasteiger partial charge < -0.3 is 9.73 Å². The van der Waals surface area contributed by atoms with Crippen LogP contribution in [0.3, 0.4) is 0 Å². The van der Waals surface area contributed by atoms with Crippen LogP contribution in [0.5, 0.6) is 0 Å². The fraction of sp³-hybridized carbons (Fsp3) is 0.0769. The number of furan rings is 1. The fourth-order valence-corrected chi connectivity index (χ4v) is 1.76. The van der Waals surface area contributed by atoms with E-state index < -0.39 is 0 Å². The van der Waals surface area contributed by atoms with E-state index in [1.165, 1.54) is 0 Å². The van der Waals surface area contributed by atoms with Gasteiger partial charge in [0.2, 0.25) is 0 Å². The van der Waals surface area contributed by atoms with Crippen molar-refractivity contribution in [3.8, 4) is 0 Å². The number of halogens is 1.